The molecule has 0 bridgehead atoms. The zero-order valence-electron chi connectivity index (χ0n) is 25.7. The summed E-state index contributed by atoms with van der Waals surface area (Å²) in [4.78, 5) is 47.2. The number of benzene rings is 2. The number of aromatic nitrogens is 1. The molecule has 0 radical (unpaired) electrons. The Bertz CT molecular complexity index is 1970. The second kappa shape index (κ2) is 13.6. The Morgan fingerprint density at radius 3 is 2.59 bits per heavy atom. The van der Waals surface area contributed by atoms with Crippen LogP contribution in [0.3, 0.4) is 0 Å². The molecule has 1 atom stereocenters. The summed E-state index contributed by atoms with van der Waals surface area (Å²) in [6, 6.07) is 5.76. The van der Waals surface area contributed by atoms with Crippen molar-refractivity contribution in [1.82, 2.24) is 14.8 Å². The highest BCUT2D eigenvalue weighted by Gasteiger charge is 2.43. The number of anilines is 1. The van der Waals surface area contributed by atoms with E-state index in [-0.39, 0.29) is 66.6 Å². The fraction of sp³-hybridized carbons (Fsp3) is 0.375. The Labute approximate surface area is 297 Å². The van der Waals surface area contributed by atoms with Gasteiger partial charge in [-0.05, 0) is 60.2 Å². The SMILES string of the molecule is COc1c(N2CCCN(C3CC3)C2=O)cc2c(c1F)C(CC#N)N(C(=O)c1c(Sc3c(Cl)ccc(CO)c3Cl)cc(C(F)(F)Cl)[nH]c1=O)C2. The van der Waals surface area contributed by atoms with Crippen molar-refractivity contribution in [3.63, 3.8) is 0 Å². The summed E-state index contributed by atoms with van der Waals surface area (Å²) in [7, 11) is 1.25. The number of hydrogen-bond donors (Lipinski definition) is 2. The summed E-state index contributed by atoms with van der Waals surface area (Å²) < 4.78 is 50.5. The van der Waals surface area contributed by atoms with Gasteiger partial charge in [0.05, 0.1) is 48.0 Å². The molecular formula is C32H27Cl3F3N5O5S. The molecule has 0 spiro atoms. The first-order valence-electron chi connectivity index (χ1n) is 15.1. The van der Waals surface area contributed by atoms with E-state index in [0.29, 0.717) is 31.3 Å². The third-order valence-corrected chi connectivity index (χ3v) is 11.0. The standard InChI is InChI=1S/C32H27Cl3F3N5O5S/c1-48-27-20(42-10-2-9-41(31(42)47)17-4-5-17)11-16-13-43(19(7-8-39)23(16)26(27)36)30(46)24-21(12-22(32(35,37)38)40-29(24)45)49-28-18(33)6-3-15(14-44)25(28)34/h3,6,11-12,17,19,44H,2,4-5,7,9-10,13-14H2,1H3,(H,40,45). The molecule has 3 aliphatic rings. The summed E-state index contributed by atoms with van der Waals surface area (Å²) in [5, 5.41) is 15.4. The van der Waals surface area contributed by atoms with Crippen molar-refractivity contribution in [2.24, 2.45) is 0 Å². The average Bonchev–Trinajstić information content (AvgIpc) is 3.83. The number of amides is 3. The number of nitrogens with one attached hydrogen (secondary N) is 1. The lowest BCUT2D eigenvalue weighted by Gasteiger charge is -2.36. The van der Waals surface area contributed by atoms with E-state index in [2.05, 4.69) is 0 Å². The van der Waals surface area contributed by atoms with Crippen LogP contribution in [0.25, 0.3) is 0 Å². The number of alkyl halides is 3. The Balaban J connectivity index is 1.45. The molecule has 1 aromatic heterocycles. The minimum Gasteiger partial charge on any atom is -0.492 e. The molecule has 3 amide bonds. The maximum atomic E-state index is 16.4. The molecule has 258 valence electrons. The minimum atomic E-state index is -4.04. The normalized spacial score (nSPS) is 17.7. The van der Waals surface area contributed by atoms with E-state index in [4.69, 9.17) is 39.5 Å². The van der Waals surface area contributed by atoms with Crippen LogP contribution in [0.15, 0.2) is 38.9 Å². The quantitative estimate of drug-likeness (QED) is 0.222. The number of rotatable bonds is 9. The molecule has 2 fully saturated rings. The first kappa shape index (κ1) is 35.2. The molecule has 10 nitrogen and oxygen atoms in total. The minimum absolute atomic E-state index is 0.0321. The molecule has 1 unspecified atom stereocenters. The van der Waals surface area contributed by atoms with Crippen LogP contribution in [0.4, 0.5) is 23.7 Å². The number of pyridine rings is 1. The number of methoxy groups -OCH3 is 1. The second-order valence-corrected chi connectivity index (χ2v) is 14.0. The number of H-pyrrole nitrogens is 1. The van der Waals surface area contributed by atoms with Gasteiger partial charge in [-0.1, -0.05) is 41.0 Å². The Kier molecular flexibility index (Phi) is 9.78. The van der Waals surface area contributed by atoms with Crippen molar-refractivity contribution in [1.29, 1.82) is 5.26 Å². The van der Waals surface area contributed by atoms with Crippen molar-refractivity contribution >= 4 is 64.2 Å². The van der Waals surface area contributed by atoms with Crippen LogP contribution in [-0.2, 0) is 18.5 Å². The lowest BCUT2D eigenvalue weighted by Crippen LogP contribution is -2.50. The average molecular weight is 757 g/mol. The van der Waals surface area contributed by atoms with Gasteiger partial charge in [0, 0.05) is 41.0 Å². The predicted molar refractivity (Wildman–Crippen MR) is 176 cm³/mol. The molecule has 1 saturated carbocycles. The van der Waals surface area contributed by atoms with Gasteiger partial charge in [-0.25, -0.2) is 9.18 Å². The number of aliphatic hydroxyl groups excluding tert-OH is 1. The van der Waals surface area contributed by atoms with Gasteiger partial charge < -0.3 is 24.6 Å². The zero-order valence-corrected chi connectivity index (χ0v) is 28.8. The molecule has 2 N–H and O–H groups in total. The monoisotopic (exact) mass is 755 g/mol. The van der Waals surface area contributed by atoms with Crippen molar-refractivity contribution in [3.8, 4) is 11.8 Å². The van der Waals surface area contributed by atoms with Crippen molar-refractivity contribution < 1.29 is 32.6 Å². The van der Waals surface area contributed by atoms with Gasteiger partial charge in [0.25, 0.3) is 11.5 Å². The number of nitriles is 1. The number of nitrogens with zero attached hydrogens (tertiary/aromatic N) is 4. The maximum absolute atomic E-state index is 16.4. The van der Waals surface area contributed by atoms with Crippen LogP contribution < -0.4 is 15.2 Å². The van der Waals surface area contributed by atoms with E-state index in [1.165, 1.54) is 24.1 Å². The summed E-state index contributed by atoms with van der Waals surface area (Å²) in [5.74, 6) is -2.12. The van der Waals surface area contributed by atoms with E-state index in [9.17, 15) is 33.5 Å². The van der Waals surface area contributed by atoms with Gasteiger partial charge in [-0.15, -0.1) is 0 Å². The number of carbonyl (C=O) groups excluding carboxylic acids is 2. The van der Waals surface area contributed by atoms with Crippen LogP contribution in [0, 0.1) is 17.1 Å². The largest absolute Gasteiger partial charge is 0.492 e. The number of hydrogen-bond acceptors (Lipinski definition) is 7. The Morgan fingerprint density at radius 1 is 1.22 bits per heavy atom. The number of halogens is 6. The van der Waals surface area contributed by atoms with Crippen LogP contribution in [-0.4, -0.2) is 58.1 Å². The third-order valence-electron chi connectivity index (χ3n) is 8.69. The van der Waals surface area contributed by atoms with E-state index >= 15 is 4.39 Å². The highest BCUT2D eigenvalue weighted by molar-refractivity contribution is 7.99. The molecule has 49 heavy (non-hydrogen) atoms. The van der Waals surface area contributed by atoms with Crippen molar-refractivity contribution in [2.75, 3.05) is 25.1 Å². The first-order chi connectivity index (χ1) is 23.3. The maximum Gasteiger partial charge on any atom is 0.362 e. The van der Waals surface area contributed by atoms with Gasteiger partial charge in [-0.3, -0.25) is 14.5 Å². The lowest BCUT2D eigenvalue weighted by atomic mass is 9.99. The van der Waals surface area contributed by atoms with Crippen molar-refractivity contribution in [3.05, 3.63) is 78.4 Å². The van der Waals surface area contributed by atoms with Crippen LogP contribution in [0.1, 0.15) is 64.5 Å². The molecular weight excluding hydrogens is 730 g/mol. The van der Waals surface area contributed by atoms with Crippen LogP contribution in [0.5, 0.6) is 5.75 Å². The van der Waals surface area contributed by atoms with Gasteiger partial charge in [0.1, 0.15) is 11.3 Å². The lowest BCUT2D eigenvalue weighted by molar-refractivity contribution is 0.0682. The molecule has 17 heteroatoms. The number of urea groups is 1. The Hall–Kier alpha value is -3.61. The number of fused-ring (bicyclic) bond motifs is 1. The fourth-order valence-corrected chi connectivity index (χ4v) is 8.07. The molecule has 2 aliphatic heterocycles. The molecule has 2 aromatic carbocycles. The highest BCUT2D eigenvalue weighted by Crippen LogP contribution is 2.48. The van der Waals surface area contributed by atoms with E-state index < -0.39 is 53.0 Å². The predicted octanol–water partition coefficient (Wildman–Crippen LogP) is 7.17. The van der Waals surface area contributed by atoms with E-state index in [0.717, 1.165) is 23.8 Å². The second-order valence-electron chi connectivity index (χ2n) is 11.7. The van der Waals surface area contributed by atoms with Crippen LogP contribution in [0.2, 0.25) is 10.0 Å². The Morgan fingerprint density at radius 2 is 1.96 bits per heavy atom. The molecule has 3 aromatic rings. The van der Waals surface area contributed by atoms with Gasteiger partial charge in [0.2, 0.25) is 0 Å². The number of carbonyl (C=O) groups is 2. The summed E-state index contributed by atoms with van der Waals surface area (Å²) >= 11 is 18.7. The zero-order chi connectivity index (χ0) is 35.4. The molecule has 6 rings (SSSR count). The van der Waals surface area contributed by atoms with E-state index in [1.807, 2.05) is 11.1 Å². The van der Waals surface area contributed by atoms with Crippen molar-refractivity contribution in [2.45, 2.75) is 66.1 Å². The first-order valence-corrected chi connectivity index (χ1v) is 17.0. The highest BCUT2D eigenvalue weighted by atomic mass is 35.5. The smallest absolute Gasteiger partial charge is 0.362 e. The number of ether oxygens (including phenoxy) is 1. The fourth-order valence-electron chi connectivity index (χ4n) is 6.24. The van der Waals surface area contributed by atoms with E-state index in [1.54, 1.807) is 11.0 Å². The topological polar surface area (TPSA) is 130 Å². The summed E-state index contributed by atoms with van der Waals surface area (Å²) in [5.41, 5.74) is -2.23. The third kappa shape index (κ3) is 6.43. The van der Waals surface area contributed by atoms with Crippen LogP contribution >= 0.6 is 46.6 Å². The number of aliphatic hydroxyl groups is 1. The van der Waals surface area contributed by atoms with Gasteiger partial charge >= 0.3 is 11.4 Å². The molecule has 1 aliphatic carbocycles. The molecule has 3 heterocycles. The summed E-state index contributed by atoms with van der Waals surface area (Å²) in [6.07, 6.45) is 2.01. The number of aromatic amines is 1. The summed E-state index contributed by atoms with van der Waals surface area (Å²) in [6.45, 7) is 0.0981. The van der Waals surface area contributed by atoms with Gasteiger partial charge in [-0.2, -0.15) is 14.0 Å². The van der Waals surface area contributed by atoms with Gasteiger partial charge in [0.15, 0.2) is 11.6 Å². The molecule has 1 saturated heterocycles.